The number of nitrogens with zero attached hydrogens (tertiary/aromatic N) is 2. The fraction of sp³-hybridized carbons (Fsp3) is 0.286. The Hall–Kier alpha value is -2.99. The van der Waals surface area contributed by atoms with E-state index in [-0.39, 0.29) is 12.5 Å². The van der Waals surface area contributed by atoms with Gasteiger partial charge < -0.3 is 14.9 Å². The van der Waals surface area contributed by atoms with Crippen molar-refractivity contribution in [2.75, 3.05) is 6.54 Å². The monoisotopic (exact) mass is 363 g/mol. The summed E-state index contributed by atoms with van der Waals surface area (Å²) in [4.78, 5) is 16.8. The third-order valence-electron chi connectivity index (χ3n) is 4.67. The molecule has 0 spiro atoms. The lowest BCUT2D eigenvalue weighted by Gasteiger charge is -2.09. The molecule has 2 aromatic carbocycles. The fourth-order valence-electron chi connectivity index (χ4n) is 3.02. The zero-order valence-electron chi connectivity index (χ0n) is 14.9. The molecule has 0 unspecified atom stereocenters. The van der Waals surface area contributed by atoms with Crippen LogP contribution in [0.15, 0.2) is 53.1 Å². The van der Waals surface area contributed by atoms with Crippen LogP contribution in [0.5, 0.6) is 0 Å². The minimum absolute atomic E-state index is 0.0415. The fourth-order valence-corrected chi connectivity index (χ4v) is 3.02. The van der Waals surface area contributed by atoms with E-state index in [1.165, 1.54) is 0 Å². The molecule has 6 heteroatoms. The van der Waals surface area contributed by atoms with Crippen molar-refractivity contribution in [2.45, 2.75) is 31.8 Å². The number of carbonyl (C=O) groups is 1. The van der Waals surface area contributed by atoms with Gasteiger partial charge in [0.2, 0.25) is 5.89 Å². The van der Waals surface area contributed by atoms with Crippen LogP contribution in [-0.4, -0.2) is 27.7 Å². The molecule has 0 aliphatic heterocycles. The normalized spacial score (nSPS) is 13.5. The number of aromatic nitrogens is 2. The summed E-state index contributed by atoms with van der Waals surface area (Å²) in [6.45, 7) is 0.403. The minimum atomic E-state index is -0.149. The molecule has 6 nitrogen and oxygen atoms in total. The SMILES string of the molecule is O=C(NCCc1noc(C2CC2)n1)c1cccc(-c2ccccc2CO)c1. The van der Waals surface area contributed by atoms with Gasteiger partial charge >= 0.3 is 0 Å². The number of aliphatic hydroxyl groups is 1. The maximum atomic E-state index is 12.5. The summed E-state index contributed by atoms with van der Waals surface area (Å²) >= 11 is 0. The van der Waals surface area contributed by atoms with E-state index in [4.69, 9.17) is 4.52 Å². The third kappa shape index (κ3) is 4.06. The van der Waals surface area contributed by atoms with Crippen molar-refractivity contribution in [1.29, 1.82) is 0 Å². The lowest BCUT2D eigenvalue weighted by atomic mass is 9.98. The smallest absolute Gasteiger partial charge is 0.251 e. The van der Waals surface area contributed by atoms with Crippen molar-refractivity contribution in [2.24, 2.45) is 0 Å². The molecule has 138 valence electrons. The predicted octanol–water partition coefficient (Wildman–Crippen LogP) is 3.08. The maximum Gasteiger partial charge on any atom is 0.251 e. The molecule has 1 fully saturated rings. The van der Waals surface area contributed by atoms with Gasteiger partial charge in [0.1, 0.15) is 0 Å². The summed E-state index contributed by atoms with van der Waals surface area (Å²) < 4.78 is 5.22. The number of benzene rings is 2. The van der Waals surface area contributed by atoms with Gasteiger partial charge in [0.25, 0.3) is 5.91 Å². The van der Waals surface area contributed by atoms with Crippen molar-refractivity contribution < 1.29 is 14.4 Å². The van der Waals surface area contributed by atoms with E-state index in [1.54, 1.807) is 6.07 Å². The summed E-state index contributed by atoms with van der Waals surface area (Å²) in [5.74, 6) is 1.63. The number of hydrogen-bond acceptors (Lipinski definition) is 5. The standard InChI is InChI=1S/C21H21N3O3/c25-13-17-4-1-2-7-18(17)15-5-3-6-16(12-15)20(26)22-11-10-19-23-21(27-24-19)14-8-9-14/h1-7,12,14,25H,8-11,13H2,(H,22,26). The van der Waals surface area contributed by atoms with Crippen LogP contribution < -0.4 is 5.32 Å². The summed E-state index contributed by atoms with van der Waals surface area (Å²) in [6.07, 6.45) is 2.78. The van der Waals surface area contributed by atoms with Crippen LogP contribution in [0.1, 0.15) is 46.4 Å². The van der Waals surface area contributed by atoms with E-state index in [0.717, 1.165) is 29.5 Å². The molecule has 1 aromatic heterocycles. The molecule has 27 heavy (non-hydrogen) atoms. The highest BCUT2D eigenvalue weighted by molar-refractivity contribution is 5.95. The lowest BCUT2D eigenvalue weighted by molar-refractivity contribution is 0.0954. The molecule has 0 radical (unpaired) electrons. The van der Waals surface area contributed by atoms with Crippen molar-refractivity contribution in [3.05, 3.63) is 71.4 Å². The van der Waals surface area contributed by atoms with Crippen molar-refractivity contribution in [3.63, 3.8) is 0 Å². The van der Waals surface area contributed by atoms with Gasteiger partial charge in [-0.1, -0.05) is 41.6 Å². The Bertz CT molecular complexity index is 947. The zero-order chi connectivity index (χ0) is 18.6. The van der Waals surface area contributed by atoms with Crippen LogP contribution in [0.3, 0.4) is 0 Å². The molecule has 4 rings (SSSR count). The van der Waals surface area contributed by atoms with Gasteiger partial charge in [-0.25, -0.2) is 0 Å². The number of aliphatic hydroxyl groups excluding tert-OH is 1. The highest BCUT2D eigenvalue weighted by Gasteiger charge is 2.29. The molecule has 0 saturated heterocycles. The van der Waals surface area contributed by atoms with Crippen LogP contribution in [0, 0.1) is 0 Å². The van der Waals surface area contributed by atoms with Gasteiger partial charge in [-0.3, -0.25) is 4.79 Å². The quantitative estimate of drug-likeness (QED) is 0.673. The second kappa shape index (κ2) is 7.72. The maximum absolute atomic E-state index is 12.5. The van der Waals surface area contributed by atoms with E-state index in [1.807, 2.05) is 42.5 Å². The number of rotatable bonds is 7. The highest BCUT2D eigenvalue weighted by Crippen LogP contribution is 2.38. The van der Waals surface area contributed by atoms with Crippen LogP contribution in [0.4, 0.5) is 0 Å². The van der Waals surface area contributed by atoms with E-state index >= 15 is 0 Å². The molecule has 1 heterocycles. The Kier molecular flexibility index (Phi) is 4.98. The van der Waals surface area contributed by atoms with Crippen molar-refractivity contribution in [1.82, 2.24) is 15.5 Å². The summed E-state index contributed by atoms with van der Waals surface area (Å²) in [7, 11) is 0. The van der Waals surface area contributed by atoms with Gasteiger partial charge in [0.15, 0.2) is 5.82 Å². The Morgan fingerprint density at radius 2 is 2.04 bits per heavy atom. The number of hydrogen-bond donors (Lipinski definition) is 2. The molecule has 0 atom stereocenters. The van der Waals surface area contributed by atoms with E-state index in [2.05, 4.69) is 15.5 Å². The molecular weight excluding hydrogens is 342 g/mol. The first-order chi connectivity index (χ1) is 13.2. The molecule has 1 amide bonds. The molecule has 1 aliphatic carbocycles. The molecule has 3 aromatic rings. The van der Waals surface area contributed by atoms with Crippen LogP contribution in [-0.2, 0) is 13.0 Å². The van der Waals surface area contributed by atoms with Gasteiger partial charge in [-0.15, -0.1) is 0 Å². The lowest BCUT2D eigenvalue weighted by Crippen LogP contribution is -2.26. The Balaban J connectivity index is 1.39. The van der Waals surface area contributed by atoms with Gasteiger partial charge in [0, 0.05) is 24.4 Å². The summed E-state index contributed by atoms with van der Waals surface area (Å²) in [5.41, 5.74) is 3.24. The van der Waals surface area contributed by atoms with E-state index < -0.39 is 0 Å². The van der Waals surface area contributed by atoms with Crippen LogP contribution in [0.25, 0.3) is 11.1 Å². The summed E-state index contributed by atoms with van der Waals surface area (Å²) in [6, 6.07) is 15.0. The molecule has 0 bridgehead atoms. The first kappa shape index (κ1) is 17.4. The summed E-state index contributed by atoms with van der Waals surface area (Å²) in [5, 5.41) is 16.4. The third-order valence-corrected chi connectivity index (χ3v) is 4.67. The Labute approximate surface area is 157 Å². The highest BCUT2D eigenvalue weighted by atomic mass is 16.5. The second-order valence-electron chi connectivity index (χ2n) is 6.73. The van der Waals surface area contributed by atoms with Gasteiger partial charge in [0.05, 0.1) is 6.61 Å². The van der Waals surface area contributed by atoms with Crippen molar-refractivity contribution in [3.8, 4) is 11.1 Å². The number of amides is 1. The Morgan fingerprint density at radius 3 is 2.85 bits per heavy atom. The molecule has 1 saturated carbocycles. The molecule has 2 N–H and O–H groups in total. The van der Waals surface area contributed by atoms with Crippen molar-refractivity contribution >= 4 is 5.91 Å². The average Bonchev–Trinajstić information content (AvgIpc) is 3.46. The minimum Gasteiger partial charge on any atom is -0.392 e. The predicted molar refractivity (Wildman–Crippen MR) is 100 cm³/mol. The number of nitrogens with one attached hydrogen (secondary N) is 1. The largest absolute Gasteiger partial charge is 0.392 e. The first-order valence-electron chi connectivity index (χ1n) is 9.14. The van der Waals surface area contributed by atoms with Gasteiger partial charge in [-0.2, -0.15) is 4.98 Å². The topological polar surface area (TPSA) is 88.3 Å². The Morgan fingerprint density at radius 1 is 1.19 bits per heavy atom. The number of carbonyl (C=O) groups excluding carboxylic acids is 1. The van der Waals surface area contributed by atoms with Crippen LogP contribution >= 0.6 is 0 Å². The molecular formula is C21H21N3O3. The second-order valence-corrected chi connectivity index (χ2v) is 6.73. The van der Waals surface area contributed by atoms with Crippen LogP contribution in [0.2, 0.25) is 0 Å². The zero-order valence-corrected chi connectivity index (χ0v) is 14.9. The molecule has 1 aliphatic rings. The van der Waals surface area contributed by atoms with E-state index in [0.29, 0.717) is 36.2 Å². The van der Waals surface area contributed by atoms with Gasteiger partial charge in [-0.05, 0) is 41.7 Å². The first-order valence-corrected chi connectivity index (χ1v) is 9.14. The average molecular weight is 363 g/mol. The van der Waals surface area contributed by atoms with E-state index in [9.17, 15) is 9.90 Å².